The van der Waals surface area contributed by atoms with Gasteiger partial charge in [-0.05, 0) is 24.6 Å². The van der Waals surface area contributed by atoms with Gasteiger partial charge in [-0.15, -0.1) is 0 Å². The number of rotatable bonds is 4. The van der Waals surface area contributed by atoms with Crippen LogP contribution in [-0.2, 0) is 0 Å². The molecule has 0 fully saturated rings. The number of aryl methyl sites for hydroxylation is 1. The van der Waals surface area contributed by atoms with Gasteiger partial charge in [-0.25, -0.2) is 9.18 Å². The molecule has 0 aliphatic rings. The van der Waals surface area contributed by atoms with Crippen LogP contribution in [0.25, 0.3) is 0 Å². The second kappa shape index (κ2) is 7.53. The second-order valence-corrected chi connectivity index (χ2v) is 5.59. The molecule has 0 saturated heterocycles. The molecule has 25 heavy (non-hydrogen) atoms. The summed E-state index contributed by atoms with van der Waals surface area (Å²) in [6.07, 6.45) is 4.13. The fourth-order valence-electron chi connectivity index (χ4n) is 2.41. The lowest BCUT2D eigenvalue weighted by Crippen LogP contribution is -2.33. The van der Waals surface area contributed by atoms with Gasteiger partial charge in [-0.1, -0.05) is 35.9 Å². The van der Waals surface area contributed by atoms with Gasteiger partial charge in [0.2, 0.25) is 0 Å². The molecule has 126 valence electrons. The van der Waals surface area contributed by atoms with Gasteiger partial charge in [-0.3, -0.25) is 9.97 Å². The van der Waals surface area contributed by atoms with Crippen molar-refractivity contribution in [1.29, 1.82) is 0 Å². The summed E-state index contributed by atoms with van der Waals surface area (Å²) < 4.78 is 13.2. The number of nitrogens with zero attached hydrogens (tertiary/aromatic N) is 2. The molecule has 1 atom stereocenters. The van der Waals surface area contributed by atoms with Crippen molar-refractivity contribution in [3.05, 3.63) is 89.8 Å². The van der Waals surface area contributed by atoms with Crippen LogP contribution in [0.2, 0.25) is 0 Å². The predicted octanol–water partition coefficient (Wildman–Crippen LogP) is 3.84. The maximum atomic E-state index is 13.2. The van der Waals surface area contributed by atoms with Crippen LogP contribution < -0.4 is 10.6 Å². The summed E-state index contributed by atoms with van der Waals surface area (Å²) in [4.78, 5) is 20.4. The molecule has 0 spiro atoms. The first kappa shape index (κ1) is 16.6. The summed E-state index contributed by atoms with van der Waals surface area (Å²) in [5.41, 5.74) is 3.01. The van der Waals surface area contributed by atoms with Gasteiger partial charge < -0.3 is 10.6 Å². The minimum absolute atomic E-state index is 0.279. The monoisotopic (exact) mass is 336 g/mol. The van der Waals surface area contributed by atoms with Crippen LogP contribution in [0, 0.1) is 12.7 Å². The van der Waals surface area contributed by atoms with E-state index in [0.717, 1.165) is 17.3 Å². The minimum atomic E-state index is -0.516. The first-order chi connectivity index (χ1) is 12.1. The summed E-state index contributed by atoms with van der Waals surface area (Å²) in [5, 5.41) is 5.46. The Balaban J connectivity index is 1.82. The fourth-order valence-corrected chi connectivity index (χ4v) is 2.41. The molecule has 0 aliphatic heterocycles. The van der Waals surface area contributed by atoms with E-state index in [9.17, 15) is 9.18 Å². The Morgan fingerprint density at radius 2 is 1.92 bits per heavy atom. The van der Waals surface area contributed by atoms with E-state index in [1.807, 2.05) is 49.4 Å². The molecule has 1 aromatic carbocycles. The maximum absolute atomic E-state index is 13.2. The van der Waals surface area contributed by atoms with Crippen LogP contribution in [-0.4, -0.2) is 16.0 Å². The average molecular weight is 336 g/mol. The number of pyridine rings is 2. The Bertz CT molecular complexity index is 853. The van der Waals surface area contributed by atoms with Crippen LogP contribution in [0.1, 0.15) is 22.9 Å². The van der Waals surface area contributed by atoms with Crippen molar-refractivity contribution >= 4 is 11.7 Å². The van der Waals surface area contributed by atoms with Crippen molar-refractivity contribution in [1.82, 2.24) is 15.3 Å². The van der Waals surface area contributed by atoms with Crippen molar-refractivity contribution in [2.45, 2.75) is 13.0 Å². The molecule has 5 nitrogen and oxygen atoms in total. The molecule has 0 aliphatic carbocycles. The van der Waals surface area contributed by atoms with Gasteiger partial charge in [-0.2, -0.15) is 0 Å². The maximum Gasteiger partial charge on any atom is 0.320 e. The van der Waals surface area contributed by atoms with Crippen molar-refractivity contribution < 1.29 is 9.18 Å². The van der Waals surface area contributed by atoms with Crippen LogP contribution >= 0.6 is 0 Å². The molecule has 0 bridgehead atoms. The molecule has 2 heterocycles. The highest BCUT2D eigenvalue weighted by molar-refractivity contribution is 5.89. The Morgan fingerprint density at radius 3 is 2.60 bits per heavy atom. The lowest BCUT2D eigenvalue weighted by molar-refractivity contribution is 0.250. The quantitative estimate of drug-likeness (QED) is 0.761. The first-order valence-electron chi connectivity index (χ1n) is 7.77. The standard InChI is InChI=1S/C19H17FN4O/c1-13-5-7-14(8-6-13)18(17-4-2-3-9-22-17)24-19(25)23-16-10-15(20)11-21-12-16/h2-12,18H,1H3,(H2,23,24,25)/t18-/m0/s1. The lowest BCUT2D eigenvalue weighted by Gasteiger charge is -2.19. The molecule has 2 amide bonds. The Kier molecular flexibility index (Phi) is 4.99. The van der Waals surface area contributed by atoms with Gasteiger partial charge >= 0.3 is 6.03 Å². The summed E-state index contributed by atoms with van der Waals surface area (Å²) in [7, 11) is 0. The number of amides is 2. The number of hydrogen-bond donors (Lipinski definition) is 2. The minimum Gasteiger partial charge on any atom is -0.325 e. The van der Waals surface area contributed by atoms with E-state index in [4.69, 9.17) is 0 Å². The summed E-state index contributed by atoms with van der Waals surface area (Å²) in [6, 6.07) is 13.7. The summed E-state index contributed by atoms with van der Waals surface area (Å²) in [5.74, 6) is -0.516. The molecule has 2 N–H and O–H groups in total. The molecule has 0 saturated carbocycles. The van der Waals surface area contributed by atoms with Gasteiger partial charge in [0.1, 0.15) is 5.82 Å². The number of urea groups is 1. The zero-order chi connectivity index (χ0) is 17.6. The molecule has 0 unspecified atom stereocenters. The van der Waals surface area contributed by atoms with Crippen molar-refractivity contribution in [2.75, 3.05) is 5.32 Å². The highest BCUT2D eigenvalue weighted by Gasteiger charge is 2.18. The van der Waals surface area contributed by atoms with Crippen LogP contribution in [0.5, 0.6) is 0 Å². The first-order valence-corrected chi connectivity index (χ1v) is 7.77. The third-order valence-electron chi connectivity index (χ3n) is 3.63. The van der Waals surface area contributed by atoms with Crippen LogP contribution in [0.3, 0.4) is 0 Å². The number of nitrogens with one attached hydrogen (secondary N) is 2. The lowest BCUT2D eigenvalue weighted by atomic mass is 10.0. The zero-order valence-electron chi connectivity index (χ0n) is 13.6. The van der Waals surface area contributed by atoms with E-state index >= 15 is 0 Å². The molecule has 3 aromatic rings. The molecule has 6 heteroatoms. The van der Waals surface area contributed by atoms with E-state index in [-0.39, 0.29) is 5.69 Å². The molecule has 3 rings (SSSR count). The third kappa shape index (κ3) is 4.38. The molecular weight excluding hydrogens is 319 g/mol. The molecule has 2 aromatic heterocycles. The summed E-state index contributed by atoms with van der Waals surface area (Å²) in [6.45, 7) is 2.00. The van der Waals surface area contributed by atoms with E-state index < -0.39 is 17.9 Å². The Labute approximate surface area is 145 Å². The SMILES string of the molecule is Cc1ccc([C@H](NC(=O)Nc2cncc(F)c2)c2ccccn2)cc1. The number of aromatic nitrogens is 2. The number of anilines is 1. The highest BCUT2D eigenvalue weighted by Crippen LogP contribution is 2.21. The van der Waals surface area contributed by atoms with E-state index in [1.54, 1.807) is 6.20 Å². The van der Waals surface area contributed by atoms with Crippen LogP contribution in [0.15, 0.2) is 67.1 Å². The van der Waals surface area contributed by atoms with Crippen LogP contribution in [0.4, 0.5) is 14.9 Å². The number of benzene rings is 1. The van der Waals surface area contributed by atoms with E-state index in [1.165, 1.54) is 12.3 Å². The fraction of sp³-hybridized carbons (Fsp3) is 0.105. The smallest absolute Gasteiger partial charge is 0.320 e. The average Bonchev–Trinajstić information content (AvgIpc) is 2.61. The van der Waals surface area contributed by atoms with Crippen molar-refractivity contribution in [2.24, 2.45) is 0 Å². The van der Waals surface area contributed by atoms with E-state index in [0.29, 0.717) is 5.69 Å². The molecule has 0 radical (unpaired) electrons. The number of hydrogen-bond acceptors (Lipinski definition) is 3. The summed E-state index contributed by atoms with van der Waals surface area (Å²) >= 11 is 0. The number of carbonyl (C=O) groups is 1. The van der Waals surface area contributed by atoms with Crippen molar-refractivity contribution in [3.8, 4) is 0 Å². The van der Waals surface area contributed by atoms with Gasteiger partial charge in [0.15, 0.2) is 0 Å². The van der Waals surface area contributed by atoms with Gasteiger partial charge in [0.25, 0.3) is 0 Å². The third-order valence-corrected chi connectivity index (χ3v) is 3.63. The Hall–Kier alpha value is -3.28. The topological polar surface area (TPSA) is 66.9 Å². The Morgan fingerprint density at radius 1 is 1.12 bits per heavy atom. The van der Waals surface area contributed by atoms with E-state index in [2.05, 4.69) is 20.6 Å². The van der Waals surface area contributed by atoms with Gasteiger partial charge in [0, 0.05) is 12.3 Å². The zero-order valence-corrected chi connectivity index (χ0v) is 13.6. The van der Waals surface area contributed by atoms with Gasteiger partial charge in [0.05, 0.1) is 29.8 Å². The highest BCUT2D eigenvalue weighted by atomic mass is 19.1. The molecular formula is C19H17FN4O. The second-order valence-electron chi connectivity index (χ2n) is 5.59. The number of carbonyl (C=O) groups excluding carboxylic acids is 1. The normalized spacial score (nSPS) is 11.6. The van der Waals surface area contributed by atoms with Crippen molar-refractivity contribution in [3.63, 3.8) is 0 Å². The largest absolute Gasteiger partial charge is 0.325 e. The predicted molar refractivity (Wildman–Crippen MR) is 93.6 cm³/mol. The number of halogens is 1.